The summed E-state index contributed by atoms with van der Waals surface area (Å²) in [6.07, 6.45) is 2.53. The number of nitrogens with one attached hydrogen (secondary N) is 2. The third-order valence-corrected chi connectivity index (χ3v) is 5.02. The first-order valence-corrected chi connectivity index (χ1v) is 9.82. The van der Waals surface area contributed by atoms with Gasteiger partial charge >= 0.3 is 0 Å². The maximum atomic E-state index is 14.0. The van der Waals surface area contributed by atoms with Gasteiger partial charge in [0, 0.05) is 49.9 Å². The molecule has 0 radical (unpaired) electrons. The van der Waals surface area contributed by atoms with Gasteiger partial charge in [-0.2, -0.15) is 0 Å². The molecular formula is C20H30FIN6O. The van der Waals surface area contributed by atoms with Gasteiger partial charge in [-0.15, -0.1) is 24.0 Å². The van der Waals surface area contributed by atoms with Crippen molar-refractivity contribution in [1.29, 1.82) is 0 Å². The molecule has 0 amide bonds. The van der Waals surface area contributed by atoms with Crippen molar-refractivity contribution in [3.8, 4) is 0 Å². The number of hydrogen-bond donors (Lipinski definition) is 2. The highest BCUT2D eigenvalue weighted by Gasteiger charge is 2.26. The Kier molecular flexibility index (Phi) is 8.66. The van der Waals surface area contributed by atoms with Crippen LogP contribution in [0.25, 0.3) is 0 Å². The number of rotatable bonds is 6. The molecule has 0 saturated carbocycles. The fraction of sp³-hybridized carbons (Fsp3) is 0.550. The zero-order valence-electron chi connectivity index (χ0n) is 17.4. The van der Waals surface area contributed by atoms with E-state index in [-0.39, 0.29) is 41.8 Å². The normalized spacial score (nSPS) is 17.8. The molecule has 0 aliphatic carbocycles. The minimum absolute atomic E-state index is 0. The molecule has 29 heavy (non-hydrogen) atoms. The molecule has 2 atom stereocenters. The van der Waals surface area contributed by atoms with E-state index >= 15 is 0 Å². The molecule has 160 valence electrons. The van der Waals surface area contributed by atoms with Crippen LogP contribution in [0.1, 0.15) is 43.2 Å². The summed E-state index contributed by atoms with van der Waals surface area (Å²) in [7, 11) is 0. The number of hydrogen-bond acceptors (Lipinski definition) is 5. The zero-order valence-corrected chi connectivity index (χ0v) is 19.7. The van der Waals surface area contributed by atoms with Crippen LogP contribution in [0.2, 0.25) is 0 Å². The van der Waals surface area contributed by atoms with Crippen LogP contribution in [0.15, 0.2) is 27.8 Å². The Morgan fingerprint density at radius 2 is 2.24 bits per heavy atom. The monoisotopic (exact) mass is 516 g/mol. The summed E-state index contributed by atoms with van der Waals surface area (Å²) in [5, 5.41) is 10.8. The number of anilines is 1. The number of aromatic nitrogens is 2. The minimum atomic E-state index is -0.281. The van der Waals surface area contributed by atoms with Crippen molar-refractivity contribution in [2.75, 3.05) is 31.1 Å². The fourth-order valence-electron chi connectivity index (χ4n) is 3.71. The van der Waals surface area contributed by atoms with Gasteiger partial charge in [0.2, 0.25) is 0 Å². The van der Waals surface area contributed by atoms with E-state index in [4.69, 9.17) is 9.52 Å². The van der Waals surface area contributed by atoms with Gasteiger partial charge in [-0.1, -0.05) is 12.1 Å². The lowest BCUT2D eigenvalue weighted by Gasteiger charge is -2.20. The highest BCUT2D eigenvalue weighted by Crippen LogP contribution is 2.23. The molecule has 9 heteroatoms. The Morgan fingerprint density at radius 1 is 1.45 bits per heavy atom. The van der Waals surface area contributed by atoms with Crippen LogP contribution >= 0.6 is 24.0 Å². The van der Waals surface area contributed by atoms with E-state index in [0.717, 1.165) is 42.5 Å². The van der Waals surface area contributed by atoms with Crippen molar-refractivity contribution in [1.82, 2.24) is 20.8 Å². The van der Waals surface area contributed by atoms with Crippen LogP contribution in [0.5, 0.6) is 0 Å². The average Bonchev–Trinajstić information content (AvgIpc) is 3.26. The molecule has 0 bridgehead atoms. The predicted octanol–water partition coefficient (Wildman–Crippen LogP) is 3.38. The number of halogens is 2. The third-order valence-electron chi connectivity index (χ3n) is 5.02. The molecular weight excluding hydrogens is 486 g/mol. The summed E-state index contributed by atoms with van der Waals surface area (Å²) in [4.78, 5) is 10.9. The molecule has 2 aromatic heterocycles. The molecule has 2 N–H and O–H groups in total. The van der Waals surface area contributed by atoms with E-state index in [9.17, 15) is 4.39 Å². The zero-order chi connectivity index (χ0) is 20.1. The van der Waals surface area contributed by atoms with Crippen LogP contribution < -0.4 is 15.5 Å². The molecule has 2 aromatic rings. The molecule has 1 aliphatic rings. The van der Waals surface area contributed by atoms with E-state index in [1.54, 1.807) is 12.3 Å². The van der Waals surface area contributed by atoms with Gasteiger partial charge < -0.3 is 20.1 Å². The molecule has 7 nitrogen and oxygen atoms in total. The van der Waals surface area contributed by atoms with Crippen LogP contribution in [-0.4, -0.2) is 48.3 Å². The first-order valence-electron chi connectivity index (χ1n) is 9.82. The predicted molar refractivity (Wildman–Crippen MR) is 124 cm³/mol. The Labute approximate surface area is 188 Å². The second-order valence-corrected chi connectivity index (χ2v) is 7.24. The standard InChI is InChI=1S/C20H29FN6O.HI/c1-5-22-20(24-11-13(2)18-14(3)26-28-15(18)4)25-16-8-10-27(12-16)19-17(21)7-6-9-23-19;/h6-7,9,13,16H,5,8,10-12H2,1-4H3,(H2,22,24,25);1H. The highest BCUT2D eigenvalue weighted by atomic mass is 127. The maximum Gasteiger partial charge on any atom is 0.191 e. The number of nitrogens with zero attached hydrogens (tertiary/aromatic N) is 4. The average molecular weight is 516 g/mol. The Hall–Kier alpha value is -1.91. The fourth-order valence-corrected chi connectivity index (χ4v) is 3.71. The van der Waals surface area contributed by atoms with Crippen molar-refractivity contribution >= 4 is 35.8 Å². The second-order valence-electron chi connectivity index (χ2n) is 7.24. The quantitative estimate of drug-likeness (QED) is 0.348. The van der Waals surface area contributed by atoms with Gasteiger partial charge in [0.15, 0.2) is 17.6 Å². The minimum Gasteiger partial charge on any atom is -0.361 e. The SMILES string of the molecule is CCNC(=NCC(C)c1c(C)noc1C)NC1CCN(c2ncccc2F)C1.I. The molecule has 3 heterocycles. The summed E-state index contributed by atoms with van der Waals surface area (Å²) in [5.41, 5.74) is 2.04. The van der Waals surface area contributed by atoms with E-state index in [2.05, 4.69) is 27.7 Å². The van der Waals surface area contributed by atoms with Crippen LogP contribution in [0.3, 0.4) is 0 Å². The molecule has 0 spiro atoms. The smallest absolute Gasteiger partial charge is 0.191 e. The maximum absolute atomic E-state index is 14.0. The van der Waals surface area contributed by atoms with Crippen molar-refractivity contribution in [2.24, 2.45) is 4.99 Å². The first-order chi connectivity index (χ1) is 13.5. The number of guanidine groups is 1. The van der Waals surface area contributed by atoms with Crippen molar-refractivity contribution < 1.29 is 8.91 Å². The number of aliphatic imine (C=N–C) groups is 1. The molecule has 1 fully saturated rings. The molecule has 1 saturated heterocycles. The number of aryl methyl sites for hydroxylation is 2. The van der Waals surface area contributed by atoms with Crippen LogP contribution in [0, 0.1) is 19.7 Å². The summed E-state index contributed by atoms with van der Waals surface area (Å²) in [5.74, 6) is 1.97. The van der Waals surface area contributed by atoms with Crippen molar-refractivity contribution in [2.45, 2.75) is 46.1 Å². The summed E-state index contributed by atoms with van der Waals surface area (Å²) >= 11 is 0. The number of pyridine rings is 1. The van der Waals surface area contributed by atoms with Gasteiger partial charge in [0.05, 0.1) is 5.69 Å². The first kappa shape index (κ1) is 23.4. The molecule has 2 unspecified atom stereocenters. The highest BCUT2D eigenvalue weighted by molar-refractivity contribution is 14.0. The second kappa shape index (κ2) is 10.7. The van der Waals surface area contributed by atoms with E-state index in [1.165, 1.54) is 6.07 Å². The molecule has 1 aliphatic heterocycles. The van der Waals surface area contributed by atoms with E-state index < -0.39 is 0 Å². The summed E-state index contributed by atoms with van der Waals surface area (Å²) < 4.78 is 19.3. The summed E-state index contributed by atoms with van der Waals surface area (Å²) in [6, 6.07) is 3.25. The van der Waals surface area contributed by atoms with Crippen molar-refractivity contribution in [3.63, 3.8) is 0 Å². The lowest BCUT2D eigenvalue weighted by atomic mass is 10.00. The Bertz CT molecular complexity index is 808. The van der Waals surface area contributed by atoms with Gasteiger partial charge in [-0.05, 0) is 39.3 Å². The van der Waals surface area contributed by atoms with Crippen LogP contribution in [-0.2, 0) is 0 Å². The Morgan fingerprint density at radius 3 is 2.90 bits per heavy atom. The van der Waals surface area contributed by atoms with Crippen molar-refractivity contribution in [3.05, 3.63) is 41.2 Å². The molecule has 3 rings (SSSR count). The van der Waals surface area contributed by atoms with Gasteiger partial charge in [-0.25, -0.2) is 9.37 Å². The Balaban J connectivity index is 0.00000300. The lowest BCUT2D eigenvalue weighted by Crippen LogP contribution is -2.44. The van der Waals surface area contributed by atoms with E-state index in [0.29, 0.717) is 18.9 Å². The summed E-state index contributed by atoms with van der Waals surface area (Å²) in [6.45, 7) is 10.9. The topological polar surface area (TPSA) is 78.6 Å². The van der Waals surface area contributed by atoms with Gasteiger partial charge in [0.1, 0.15) is 5.76 Å². The van der Waals surface area contributed by atoms with E-state index in [1.807, 2.05) is 25.7 Å². The van der Waals surface area contributed by atoms with Crippen LogP contribution in [0.4, 0.5) is 10.2 Å². The molecule has 0 aromatic carbocycles. The third kappa shape index (κ3) is 5.80. The largest absolute Gasteiger partial charge is 0.361 e. The van der Waals surface area contributed by atoms with Gasteiger partial charge in [0.25, 0.3) is 0 Å². The van der Waals surface area contributed by atoms with Gasteiger partial charge in [-0.3, -0.25) is 4.99 Å². The lowest BCUT2D eigenvalue weighted by molar-refractivity contribution is 0.391.